The molecule has 134 valence electrons. The molecular formula is C21H32O3. The first-order chi connectivity index (χ1) is 11.4. The van der Waals surface area contributed by atoms with Crippen molar-refractivity contribution in [3.8, 4) is 0 Å². The van der Waals surface area contributed by atoms with Gasteiger partial charge in [-0.3, -0.25) is 4.79 Å². The van der Waals surface area contributed by atoms with Gasteiger partial charge in [0, 0.05) is 0 Å². The van der Waals surface area contributed by atoms with Crippen LogP contribution in [0.3, 0.4) is 0 Å². The average Bonchev–Trinajstić information content (AvgIpc) is 2.92. The van der Waals surface area contributed by atoms with E-state index in [2.05, 4.69) is 19.9 Å². The van der Waals surface area contributed by atoms with E-state index in [0.717, 1.165) is 44.4 Å². The summed E-state index contributed by atoms with van der Waals surface area (Å²) in [6.07, 6.45) is 11.0. The molecule has 0 aromatic heterocycles. The Morgan fingerprint density at radius 1 is 1.25 bits per heavy atom. The highest BCUT2D eigenvalue weighted by molar-refractivity contribution is 5.72. The SMILES string of the molecule is COC(=O)[C@@H]1CC2C3CC=C4C[C@@H](O)CCC4(C)C3CCC2(C)C1. The molecule has 1 N–H and O–H groups in total. The molecule has 4 rings (SSSR count). The molecule has 0 heterocycles. The number of ether oxygens (including phenoxy) is 1. The Hall–Kier alpha value is -0.830. The highest BCUT2D eigenvalue weighted by Crippen LogP contribution is 2.65. The van der Waals surface area contributed by atoms with Gasteiger partial charge in [-0.1, -0.05) is 25.5 Å². The zero-order valence-electron chi connectivity index (χ0n) is 15.4. The van der Waals surface area contributed by atoms with Gasteiger partial charge >= 0.3 is 5.97 Å². The molecule has 3 fully saturated rings. The molecule has 7 atom stereocenters. The maximum absolute atomic E-state index is 12.1. The molecular weight excluding hydrogens is 300 g/mol. The molecule has 4 aliphatic carbocycles. The van der Waals surface area contributed by atoms with Gasteiger partial charge in [0.25, 0.3) is 0 Å². The Morgan fingerprint density at radius 2 is 2.04 bits per heavy atom. The zero-order chi connectivity index (χ0) is 17.1. The minimum absolute atomic E-state index is 0.00113. The van der Waals surface area contributed by atoms with Crippen LogP contribution in [0.15, 0.2) is 11.6 Å². The van der Waals surface area contributed by atoms with Crippen molar-refractivity contribution in [2.75, 3.05) is 7.11 Å². The number of fused-ring (bicyclic) bond motifs is 5. The van der Waals surface area contributed by atoms with Gasteiger partial charge in [0.1, 0.15) is 0 Å². The lowest BCUT2D eigenvalue weighted by Crippen LogP contribution is -2.49. The molecule has 0 amide bonds. The van der Waals surface area contributed by atoms with E-state index in [4.69, 9.17) is 4.74 Å². The highest BCUT2D eigenvalue weighted by atomic mass is 16.5. The molecule has 4 aliphatic rings. The number of hydrogen-bond donors (Lipinski definition) is 1. The normalized spacial score (nSPS) is 50.3. The summed E-state index contributed by atoms with van der Waals surface area (Å²) in [5.74, 6) is 2.21. The monoisotopic (exact) mass is 332 g/mol. The second kappa shape index (κ2) is 5.59. The van der Waals surface area contributed by atoms with E-state index in [9.17, 15) is 9.90 Å². The fourth-order valence-corrected chi connectivity index (χ4v) is 7.05. The topological polar surface area (TPSA) is 46.5 Å². The van der Waals surface area contributed by atoms with Gasteiger partial charge in [0.05, 0.1) is 19.1 Å². The van der Waals surface area contributed by atoms with Crippen molar-refractivity contribution in [3.05, 3.63) is 11.6 Å². The molecule has 0 aliphatic heterocycles. The van der Waals surface area contributed by atoms with E-state index >= 15 is 0 Å². The maximum atomic E-state index is 12.1. The molecule has 0 aromatic rings. The number of aliphatic hydroxyl groups excluding tert-OH is 1. The van der Waals surface area contributed by atoms with Crippen molar-refractivity contribution in [2.24, 2.45) is 34.5 Å². The summed E-state index contributed by atoms with van der Waals surface area (Å²) in [5, 5.41) is 10.1. The summed E-state index contributed by atoms with van der Waals surface area (Å²) in [6.45, 7) is 4.87. The first-order valence-electron chi connectivity index (χ1n) is 9.83. The van der Waals surface area contributed by atoms with Gasteiger partial charge in [-0.05, 0) is 80.0 Å². The second-order valence-electron chi connectivity index (χ2n) is 9.51. The predicted molar refractivity (Wildman–Crippen MR) is 93.2 cm³/mol. The molecule has 5 unspecified atom stereocenters. The number of methoxy groups -OCH3 is 1. The Morgan fingerprint density at radius 3 is 2.79 bits per heavy atom. The summed E-state index contributed by atoms with van der Waals surface area (Å²) in [4.78, 5) is 12.1. The zero-order valence-corrected chi connectivity index (χ0v) is 15.4. The quantitative estimate of drug-likeness (QED) is 0.581. The molecule has 24 heavy (non-hydrogen) atoms. The maximum Gasteiger partial charge on any atom is 0.308 e. The van der Waals surface area contributed by atoms with Crippen molar-refractivity contribution in [1.82, 2.24) is 0 Å². The molecule has 0 saturated heterocycles. The fraction of sp³-hybridized carbons (Fsp3) is 0.857. The van der Waals surface area contributed by atoms with Gasteiger partial charge in [0.2, 0.25) is 0 Å². The summed E-state index contributed by atoms with van der Waals surface area (Å²) >= 11 is 0. The second-order valence-corrected chi connectivity index (χ2v) is 9.51. The summed E-state index contributed by atoms with van der Waals surface area (Å²) in [7, 11) is 1.53. The third kappa shape index (κ3) is 2.30. The summed E-state index contributed by atoms with van der Waals surface area (Å²) in [5.41, 5.74) is 2.12. The van der Waals surface area contributed by atoms with Gasteiger partial charge in [0.15, 0.2) is 0 Å². The van der Waals surface area contributed by atoms with E-state index in [-0.39, 0.29) is 23.4 Å². The van der Waals surface area contributed by atoms with E-state index < -0.39 is 0 Å². The van der Waals surface area contributed by atoms with Crippen LogP contribution in [0.2, 0.25) is 0 Å². The first kappa shape index (κ1) is 16.6. The van der Waals surface area contributed by atoms with Gasteiger partial charge < -0.3 is 9.84 Å². The van der Waals surface area contributed by atoms with E-state index in [1.807, 2.05) is 0 Å². The standard InChI is InChI=1S/C21H32O3/c1-20-8-7-17-16(18(20)10-13(12-20)19(23)24-3)5-4-14-11-15(22)6-9-21(14,17)2/h4,13,15-18,22H,5-12H2,1-3H3/t13-,15+,16?,17?,18?,20?,21?/m1/s1. The van der Waals surface area contributed by atoms with Crippen molar-refractivity contribution < 1.29 is 14.6 Å². The number of rotatable bonds is 1. The van der Waals surface area contributed by atoms with E-state index in [1.54, 1.807) is 0 Å². The van der Waals surface area contributed by atoms with Crippen molar-refractivity contribution in [3.63, 3.8) is 0 Å². The Balaban J connectivity index is 1.62. The number of carbonyl (C=O) groups is 1. The van der Waals surface area contributed by atoms with Crippen LogP contribution in [-0.2, 0) is 9.53 Å². The smallest absolute Gasteiger partial charge is 0.308 e. The molecule has 0 radical (unpaired) electrons. The third-order valence-electron chi connectivity index (χ3n) is 8.38. The van der Waals surface area contributed by atoms with Crippen molar-refractivity contribution in [1.29, 1.82) is 0 Å². The highest BCUT2D eigenvalue weighted by Gasteiger charge is 2.58. The Labute approximate surface area is 145 Å². The van der Waals surface area contributed by atoms with Crippen molar-refractivity contribution >= 4 is 5.97 Å². The largest absolute Gasteiger partial charge is 0.469 e. The number of aliphatic hydroxyl groups is 1. The number of esters is 1. The lowest BCUT2D eigenvalue weighted by molar-refractivity contribution is -0.145. The number of carbonyl (C=O) groups excluding carboxylic acids is 1. The van der Waals surface area contributed by atoms with Crippen LogP contribution in [0, 0.1) is 34.5 Å². The number of allylic oxidation sites excluding steroid dienone is 1. The molecule has 0 bridgehead atoms. The molecule has 3 heteroatoms. The van der Waals surface area contributed by atoms with Crippen LogP contribution in [0.1, 0.15) is 65.2 Å². The van der Waals surface area contributed by atoms with E-state index in [1.165, 1.54) is 25.5 Å². The van der Waals surface area contributed by atoms with Crippen LogP contribution in [0.25, 0.3) is 0 Å². The van der Waals surface area contributed by atoms with E-state index in [0.29, 0.717) is 17.3 Å². The average molecular weight is 332 g/mol. The van der Waals surface area contributed by atoms with Gasteiger partial charge in [-0.15, -0.1) is 0 Å². The fourth-order valence-electron chi connectivity index (χ4n) is 7.05. The molecule has 3 saturated carbocycles. The van der Waals surface area contributed by atoms with Crippen LogP contribution in [0.4, 0.5) is 0 Å². The summed E-state index contributed by atoms with van der Waals surface area (Å²) in [6, 6.07) is 0. The summed E-state index contributed by atoms with van der Waals surface area (Å²) < 4.78 is 5.06. The minimum atomic E-state index is -0.134. The van der Waals surface area contributed by atoms with Crippen LogP contribution in [-0.4, -0.2) is 24.3 Å². The lowest BCUT2D eigenvalue weighted by atomic mass is 9.48. The Bertz CT molecular complexity index is 567. The van der Waals surface area contributed by atoms with Crippen molar-refractivity contribution in [2.45, 2.75) is 71.3 Å². The third-order valence-corrected chi connectivity index (χ3v) is 8.38. The van der Waals surface area contributed by atoms with Gasteiger partial charge in [-0.25, -0.2) is 0 Å². The van der Waals surface area contributed by atoms with Gasteiger partial charge in [-0.2, -0.15) is 0 Å². The Kier molecular flexibility index (Phi) is 3.87. The minimum Gasteiger partial charge on any atom is -0.469 e. The number of hydrogen-bond acceptors (Lipinski definition) is 3. The first-order valence-corrected chi connectivity index (χ1v) is 9.83. The lowest BCUT2D eigenvalue weighted by Gasteiger charge is -2.57. The van der Waals surface area contributed by atoms with Crippen LogP contribution >= 0.6 is 0 Å². The molecule has 3 nitrogen and oxygen atoms in total. The molecule has 0 aromatic carbocycles. The van der Waals surface area contributed by atoms with Crippen LogP contribution < -0.4 is 0 Å². The predicted octanol–water partition coefficient (Wildman–Crippen LogP) is 4.10. The molecule has 0 spiro atoms. The van der Waals surface area contributed by atoms with Crippen LogP contribution in [0.5, 0.6) is 0 Å².